The van der Waals surface area contributed by atoms with Gasteiger partial charge >= 0.3 is 5.97 Å². The van der Waals surface area contributed by atoms with Gasteiger partial charge in [0, 0.05) is 78.6 Å². The minimum absolute atomic E-state index is 0.0376. The SMILES string of the molecule is C=Cc1c(C)c2cc3[nH]c(cc4nc(cc5nc(cc1[nH]2)C(C)=C5CCC(=O)O)C(CCC(=O)CCCCOCCOCCOCCCN1C(=O)CC(SCC)C1=O)=C4C)c(C)c3C=C. The van der Waals surface area contributed by atoms with E-state index in [1.807, 2.05) is 51.1 Å². The first kappa shape index (κ1) is 49.0. The predicted molar refractivity (Wildman–Crippen MR) is 261 cm³/mol. The average molecular weight is 906 g/mol. The first-order valence-corrected chi connectivity index (χ1v) is 23.7. The third-order valence-electron chi connectivity index (χ3n) is 12.3. The molecule has 3 aliphatic rings. The lowest BCUT2D eigenvalue weighted by Crippen LogP contribution is -2.32. The van der Waals surface area contributed by atoms with Gasteiger partial charge in [-0.15, -0.1) is 11.8 Å². The van der Waals surface area contributed by atoms with Crippen molar-refractivity contribution in [2.75, 3.05) is 51.9 Å². The van der Waals surface area contributed by atoms with Gasteiger partial charge in [0.2, 0.25) is 11.8 Å². The average Bonchev–Trinajstić information content (AvgIpc) is 4.00. The lowest BCUT2D eigenvalue weighted by molar-refractivity contribution is -0.139. The second-order valence-electron chi connectivity index (χ2n) is 16.6. The van der Waals surface area contributed by atoms with Gasteiger partial charge in [-0.3, -0.25) is 24.1 Å². The lowest BCUT2D eigenvalue weighted by atomic mass is 9.97. The third kappa shape index (κ3) is 12.1. The highest BCUT2D eigenvalue weighted by atomic mass is 32.2. The molecule has 0 aliphatic carbocycles. The first-order chi connectivity index (χ1) is 31.3. The number of ketones is 1. The number of ether oxygens (including phenoxy) is 3. The van der Waals surface area contributed by atoms with Crippen molar-refractivity contribution in [1.82, 2.24) is 24.8 Å². The number of rotatable bonds is 25. The second kappa shape index (κ2) is 23.2. The molecule has 1 saturated heterocycles. The highest BCUT2D eigenvalue weighted by molar-refractivity contribution is 8.00. The molecule has 8 bridgehead atoms. The number of hydrogen-bond donors (Lipinski definition) is 3. The predicted octanol–water partition coefficient (Wildman–Crippen LogP) is 9.78. The van der Waals surface area contributed by atoms with E-state index in [4.69, 9.17) is 24.2 Å². The van der Waals surface area contributed by atoms with Crippen LogP contribution in [-0.2, 0) is 33.4 Å². The van der Waals surface area contributed by atoms with Gasteiger partial charge in [0.25, 0.3) is 0 Å². The number of aryl methyl sites for hydroxylation is 2. The summed E-state index contributed by atoms with van der Waals surface area (Å²) in [5.74, 6) is -0.0909. The van der Waals surface area contributed by atoms with Gasteiger partial charge in [-0.1, -0.05) is 32.2 Å². The molecule has 1 atom stereocenters. The number of allylic oxidation sites excluding steroid dienone is 4. The molecule has 6 rings (SSSR count). The molecule has 13 nitrogen and oxygen atoms in total. The smallest absolute Gasteiger partial charge is 0.303 e. The molecule has 0 aromatic carbocycles. The van der Waals surface area contributed by atoms with E-state index in [1.165, 1.54) is 16.7 Å². The van der Waals surface area contributed by atoms with Crippen molar-refractivity contribution >= 4 is 91.8 Å². The van der Waals surface area contributed by atoms with Crippen molar-refractivity contribution in [3.8, 4) is 0 Å². The fourth-order valence-corrected chi connectivity index (χ4v) is 9.47. The van der Waals surface area contributed by atoms with Crippen LogP contribution in [0.25, 0.3) is 56.5 Å². The Morgan fingerprint density at radius 2 is 1.25 bits per heavy atom. The number of fused-ring (bicyclic) bond motifs is 8. The zero-order chi connectivity index (χ0) is 46.6. The monoisotopic (exact) mass is 905 g/mol. The molecule has 3 aromatic rings. The summed E-state index contributed by atoms with van der Waals surface area (Å²) in [4.78, 5) is 68.3. The van der Waals surface area contributed by atoms with Gasteiger partial charge in [-0.2, -0.15) is 0 Å². The molecule has 0 saturated carbocycles. The number of carboxylic acid groups (broad SMARTS) is 1. The summed E-state index contributed by atoms with van der Waals surface area (Å²) in [6.45, 7) is 21.4. The van der Waals surface area contributed by atoms with Crippen LogP contribution in [0.4, 0.5) is 0 Å². The maximum Gasteiger partial charge on any atom is 0.303 e. The van der Waals surface area contributed by atoms with Gasteiger partial charge in [-0.05, 0) is 123 Å². The molecule has 0 spiro atoms. The summed E-state index contributed by atoms with van der Waals surface area (Å²) < 4.78 is 17.0. The Labute approximate surface area is 385 Å². The minimum Gasteiger partial charge on any atom is -0.481 e. The van der Waals surface area contributed by atoms with Gasteiger partial charge in [0.05, 0.1) is 54.5 Å². The number of nitrogens with one attached hydrogen (secondary N) is 2. The Morgan fingerprint density at radius 1 is 0.723 bits per heavy atom. The number of carboxylic acids is 1. The normalized spacial score (nSPS) is 15.2. The number of carbonyl (C=O) groups is 4. The molecule has 3 aliphatic heterocycles. The van der Waals surface area contributed by atoms with E-state index in [0.29, 0.717) is 103 Å². The number of thioether (sulfide) groups is 1. The molecule has 3 N–H and O–H groups in total. The van der Waals surface area contributed by atoms with Gasteiger partial charge in [0.15, 0.2) is 0 Å². The molecule has 3 aromatic heterocycles. The van der Waals surface area contributed by atoms with E-state index in [1.54, 1.807) is 0 Å². The molecular formula is C51H63N5O8S. The van der Waals surface area contributed by atoms with Crippen molar-refractivity contribution < 1.29 is 38.5 Å². The zero-order valence-corrected chi connectivity index (χ0v) is 39.3. The maximum atomic E-state index is 13.3. The number of nitrogens with zero attached hydrogens (tertiary/aromatic N) is 3. The maximum absolute atomic E-state index is 13.3. The van der Waals surface area contributed by atoms with Crippen molar-refractivity contribution in [2.24, 2.45) is 0 Å². The summed E-state index contributed by atoms with van der Waals surface area (Å²) in [5, 5.41) is 9.42. The van der Waals surface area contributed by atoms with Gasteiger partial charge in [-0.25, -0.2) is 9.97 Å². The molecule has 65 heavy (non-hydrogen) atoms. The van der Waals surface area contributed by atoms with Crippen LogP contribution >= 0.6 is 11.8 Å². The Morgan fingerprint density at radius 3 is 1.82 bits per heavy atom. The summed E-state index contributed by atoms with van der Waals surface area (Å²) >= 11 is 1.52. The standard InChI is InChI=1S/C51H63N5O8S/c1-8-36-31(4)40-26-41-33(6)38(16-15-35(57)14-11-12-20-62-22-24-64-25-23-63-21-13-19-56-49(58)30-48(51(56)61)65-10-3)46(54-41)29-47-39(17-18-50(59)60)34(7)43(55-47)28-45-37(9-2)32(5)42(53-45)27-44(36)52-40/h8-9,26-29,48,52-53H,1-2,10-25,30H2,3-7H3,(H,59,60). The number of H-pyrrole nitrogens is 2. The molecule has 2 amide bonds. The Hall–Kier alpha value is -5.41. The van der Waals surface area contributed by atoms with E-state index in [0.717, 1.165) is 90.2 Å². The first-order valence-electron chi connectivity index (χ1n) is 22.7. The number of aromatic amines is 2. The van der Waals surface area contributed by atoms with Crippen LogP contribution in [0.2, 0.25) is 0 Å². The fourth-order valence-electron chi connectivity index (χ4n) is 8.54. The van der Waals surface area contributed by atoms with Crippen LogP contribution in [0.5, 0.6) is 0 Å². The molecule has 14 heteroatoms. The molecule has 6 heterocycles. The summed E-state index contributed by atoms with van der Waals surface area (Å²) in [6.07, 6.45) is 7.63. The van der Waals surface area contributed by atoms with Crippen molar-refractivity contribution in [1.29, 1.82) is 0 Å². The van der Waals surface area contributed by atoms with Crippen molar-refractivity contribution in [2.45, 2.75) is 97.7 Å². The Balaban J connectivity index is 1.05. The quantitative estimate of drug-likeness (QED) is 0.0545. The number of aromatic nitrogens is 4. The van der Waals surface area contributed by atoms with E-state index >= 15 is 0 Å². The van der Waals surface area contributed by atoms with E-state index in [-0.39, 0.29) is 29.3 Å². The summed E-state index contributed by atoms with van der Waals surface area (Å²) in [5.41, 5.74) is 14.2. The second-order valence-corrected chi connectivity index (χ2v) is 18.0. The lowest BCUT2D eigenvalue weighted by Gasteiger charge is -2.14. The zero-order valence-electron chi connectivity index (χ0n) is 38.5. The van der Waals surface area contributed by atoms with Crippen LogP contribution in [0.1, 0.15) is 124 Å². The number of likely N-dealkylation sites (tertiary alicyclic amines) is 1. The van der Waals surface area contributed by atoms with E-state index in [2.05, 4.69) is 43.0 Å². The Bertz CT molecular complexity index is 2550. The van der Waals surface area contributed by atoms with Crippen molar-refractivity contribution in [3.05, 3.63) is 82.5 Å². The van der Waals surface area contributed by atoms with Crippen molar-refractivity contribution in [3.63, 3.8) is 0 Å². The van der Waals surface area contributed by atoms with E-state index in [9.17, 15) is 24.3 Å². The van der Waals surface area contributed by atoms with Crippen LogP contribution in [-0.4, -0.2) is 111 Å². The number of unbranched alkanes of at least 4 members (excludes halogenated alkanes) is 1. The molecular weight excluding hydrogens is 843 g/mol. The molecule has 0 radical (unpaired) electrons. The number of aliphatic carboxylic acids is 1. The van der Waals surface area contributed by atoms with Crippen LogP contribution in [0.15, 0.2) is 37.4 Å². The topological polar surface area (TPSA) is 177 Å². The number of imide groups is 1. The van der Waals surface area contributed by atoms with Gasteiger partial charge in [0.1, 0.15) is 5.78 Å². The van der Waals surface area contributed by atoms with Gasteiger partial charge < -0.3 is 29.3 Å². The number of amides is 2. The fraction of sp³-hybridized carbons (Fsp3) is 0.451. The van der Waals surface area contributed by atoms with Crippen LogP contribution in [0, 0.1) is 13.8 Å². The van der Waals surface area contributed by atoms with E-state index < -0.39 is 5.97 Å². The number of carbonyl (C=O) groups excluding carboxylic acids is 3. The Kier molecular flexibility index (Phi) is 17.5. The highest BCUT2D eigenvalue weighted by Gasteiger charge is 2.38. The molecule has 346 valence electrons. The minimum atomic E-state index is -0.882. The molecule has 1 unspecified atom stereocenters. The third-order valence-corrected chi connectivity index (χ3v) is 13.4. The van der Waals surface area contributed by atoms with Crippen LogP contribution in [0.3, 0.4) is 0 Å². The largest absolute Gasteiger partial charge is 0.481 e. The van der Waals surface area contributed by atoms with Crippen LogP contribution < -0.4 is 0 Å². The summed E-state index contributed by atoms with van der Waals surface area (Å²) in [6, 6.07) is 8.09. The number of hydrogen-bond acceptors (Lipinski definition) is 10. The molecule has 1 fully saturated rings. The number of Topliss-reactive ketones (excluding diaryl/α,β-unsaturated/α-hetero) is 1. The summed E-state index contributed by atoms with van der Waals surface area (Å²) in [7, 11) is 0. The highest BCUT2D eigenvalue weighted by Crippen LogP contribution is 2.38.